The third-order valence-electron chi connectivity index (χ3n) is 3.78. The Kier molecular flexibility index (Phi) is 4.35. The maximum atomic E-state index is 13.8. The number of alkyl halides is 3. The molecule has 0 aliphatic rings. The minimum absolute atomic E-state index is 0.170. The monoisotopic (exact) mass is 345 g/mol. The van der Waals surface area contributed by atoms with E-state index in [4.69, 9.17) is 0 Å². The van der Waals surface area contributed by atoms with E-state index in [1.807, 2.05) is 0 Å². The van der Waals surface area contributed by atoms with Gasteiger partial charge in [0, 0.05) is 17.4 Å². The van der Waals surface area contributed by atoms with E-state index in [0.717, 1.165) is 11.7 Å². The summed E-state index contributed by atoms with van der Waals surface area (Å²) in [6.07, 6.45) is -3.41. The molecule has 2 aromatic carbocycles. The van der Waals surface area contributed by atoms with Crippen molar-refractivity contribution < 1.29 is 22.7 Å². The predicted octanol–water partition coefficient (Wildman–Crippen LogP) is 4.95. The Morgan fingerprint density at radius 2 is 1.52 bits per heavy atom. The standard InChI is InChI=1S/C19H14F3NO2/c1-25-18(24)16-15(13-8-4-2-5-9-13)12-23(17(16)19(20,21)22)14-10-6-3-7-11-14/h2-12H,1H3. The second-order valence-electron chi connectivity index (χ2n) is 5.33. The van der Waals surface area contributed by atoms with Crippen molar-refractivity contribution in [2.24, 2.45) is 0 Å². The summed E-state index contributed by atoms with van der Waals surface area (Å²) in [5, 5.41) is 0. The van der Waals surface area contributed by atoms with Gasteiger partial charge < -0.3 is 9.30 Å². The molecule has 0 saturated carbocycles. The Morgan fingerprint density at radius 1 is 0.960 bits per heavy atom. The topological polar surface area (TPSA) is 31.2 Å². The van der Waals surface area contributed by atoms with Crippen LogP contribution in [0, 0.1) is 0 Å². The Bertz CT molecular complexity index is 884. The molecular weight excluding hydrogens is 331 g/mol. The summed E-state index contributed by atoms with van der Waals surface area (Å²) in [4.78, 5) is 12.2. The molecule has 128 valence electrons. The molecule has 3 rings (SSSR count). The van der Waals surface area contributed by atoms with Crippen LogP contribution in [0.1, 0.15) is 16.1 Å². The van der Waals surface area contributed by atoms with Crippen molar-refractivity contribution in [3.63, 3.8) is 0 Å². The minimum atomic E-state index is -4.73. The zero-order valence-corrected chi connectivity index (χ0v) is 13.2. The van der Waals surface area contributed by atoms with E-state index in [2.05, 4.69) is 4.74 Å². The number of aromatic nitrogens is 1. The average Bonchev–Trinajstić information content (AvgIpc) is 3.03. The molecule has 3 aromatic rings. The molecule has 0 aliphatic heterocycles. The highest BCUT2D eigenvalue weighted by molar-refractivity contribution is 5.99. The van der Waals surface area contributed by atoms with Crippen molar-refractivity contribution in [1.82, 2.24) is 4.57 Å². The number of esters is 1. The number of carbonyl (C=O) groups excluding carboxylic acids is 1. The molecule has 1 aromatic heterocycles. The smallest absolute Gasteiger partial charge is 0.432 e. The number of halogens is 3. The molecule has 0 fully saturated rings. The first-order valence-electron chi connectivity index (χ1n) is 7.45. The van der Waals surface area contributed by atoms with Crippen LogP contribution in [0.25, 0.3) is 16.8 Å². The van der Waals surface area contributed by atoms with Crippen LogP contribution < -0.4 is 0 Å². The van der Waals surface area contributed by atoms with E-state index in [1.165, 1.54) is 6.20 Å². The van der Waals surface area contributed by atoms with Gasteiger partial charge in [-0.1, -0.05) is 48.5 Å². The van der Waals surface area contributed by atoms with Crippen LogP contribution in [-0.2, 0) is 10.9 Å². The van der Waals surface area contributed by atoms with Gasteiger partial charge in [0.15, 0.2) is 0 Å². The SMILES string of the molecule is COC(=O)c1c(-c2ccccc2)cn(-c2ccccc2)c1C(F)(F)F. The summed E-state index contributed by atoms with van der Waals surface area (Å²) in [7, 11) is 1.07. The van der Waals surface area contributed by atoms with Gasteiger partial charge in [-0.2, -0.15) is 13.2 Å². The summed E-state index contributed by atoms with van der Waals surface area (Å²) in [5.74, 6) is -1.03. The van der Waals surface area contributed by atoms with E-state index in [9.17, 15) is 18.0 Å². The van der Waals surface area contributed by atoms with Crippen molar-refractivity contribution in [3.05, 3.63) is 78.1 Å². The highest BCUT2D eigenvalue weighted by atomic mass is 19.4. The van der Waals surface area contributed by atoms with E-state index in [1.54, 1.807) is 60.7 Å². The van der Waals surface area contributed by atoms with Gasteiger partial charge in [0.2, 0.25) is 0 Å². The molecular formula is C19H14F3NO2. The minimum Gasteiger partial charge on any atom is -0.465 e. The molecule has 0 radical (unpaired) electrons. The Morgan fingerprint density at radius 3 is 2.04 bits per heavy atom. The fourth-order valence-electron chi connectivity index (χ4n) is 2.72. The third kappa shape index (κ3) is 3.15. The van der Waals surface area contributed by atoms with E-state index in [-0.39, 0.29) is 5.56 Å². The molecule has 1 heterocycles. The fourth-order valence-corrected chi connectivity index (χ4v) is 2.72. The van der Waals surface area contributed by atoms with E-state index < -0.39 is 23.4 Å². The van der Waals surface area contributed by atoms with Crippen LogP contribution in [0.2, 0.25) is 0 Å². The molecule has 0 N–H and O–H groups in total. The fraction of sp³-hybridized carbons (Fsp3) is 0.105. The number of methoxy groups -OCH3 is 1. The zero-order chi connectivity index (χ0) is 18.0. The Balaban J connectivity index is 2.37. The van der Waals surface area contributed by atoms with Gasteiger partial charge in [-0.3, -0.25) is 0 Å². The van der Waals surface area contributed by atoms with Crippen molar-refractivity contribution in [2.45, 2.75) is 6.18 Å². The molecule has 0 bridgehead atoms. The van der Waals surface area contributed by atoms with E-state index in [0.29, 0.717) is 11.3 Å². The summed E-state index contributed by atoms with van der Waals surface area (Å²) >= 11 is 0. The first-order valence-corrected chi connectivity index (χ1v) is 7.45. The number of carbonyl (C=O) groups is 1. The maximum Gasteiger partial charge on any atom is 0.432 e. The lowest BCUT2D eigenvalue weighted by molar-refractivity contribution is -0.142. The van der Waals surface area contributed by atoms with Crippen molar-refractivity contribution in [3.8, 4) is 16.8 Å². The lowest BCUT2D eigenvalue weighted by Gasteiger charge is -2.13. The second-order valence-corrected chi connectivity index (χ2v) is 5.33. The van der Waals surface area contributed by atoms with Crippen LogP contribution in [-0.4, -0.2) is 17.6 Å². The summed E-state index contributed by atoms with van der Waals surface area (Å²) in [6, 6.07) is 16.5. The van der Waals surface area contributed by atoms with Crippen LogP contribution in [0.4, 0.5) is 13.2 Å². The van der Waals surface area contributed by atoms with Gasteiger partial charge in [0.25, 0.3) is 0 Å². The number of rotatable bonds is 3. The zero-order valence-electron chi connectivity index (χ0n) is 13.2. The molecule has 0 aliphatic carbocycles. The predicted molar refractivity (Wildman–Crippen MR) is 87.5 cm³/mol. The quantitative estimate of drug-likeness (QED) is 0.629. The van der Waals surface area contributed by atoms with Gasteiger partial charge in [0.1, 0.15) is 5.69 Å². The van der Waals surface area contributed by atoms with Gasteiger partial charge in [-0.15, -0.1) is 0 Å². The number of para-hydroxylation sites is 1. The van der Waals surface area contributed by atoms with Crippen molar-refractivity contribution in [2.75, 3.05) is 7.11 Å². The number of nitrogens with zero attached hydrogens (tertiary/aromatic N) is 1. The number of hydrogen-bond donors (Lipinski definition) is 0. The van der Waals surface area contributed by atoms with Crippen molar-refractivity contribution in [1.29, 1.82) is 0 Å². The molecule has 0 amide bonds. The highest BCUT2D eigenvalue weighted by Crippen LogP contribution is 2.40. The number of benzene rings is 2. The van der Waals surface area contributed by atoms with Gasteiger partial charge >= 0.3 is 12.1 Å². The Hall–Kier alpha value is -3.02. The van der Waals surface area contributed by atoms with Crippen LogP contribution in [0.3, 0.4) is 0 Å². The van der Waals surface area contributed by atoms with Crippen LogP contribution in [0.5, 0.6) is 0 Å². The second kappa shape index (κ2) is 6.47. The molecule has 6 heteroatoms. The molecule has 3 nitrogen and oxygen atoms in total. The highest BCUT2D eigenvalue weighted by Gasteiger charge is 2.42. The lowest BCUT2D eigenvalue weighted by atomic mass is 10.0. The molecule has 0 spiro atoms. The molecule has 0 saturated heterocycles. The van der Waals surface area contributed by atoms with Gasteiger partial charge in [-0.25, -0.2) is 4.79 Å². The molecule has 0 unspecified atom stereocenters. The van der Waals surface area contributed by atoms with Crippen molar-refractivity contribution >= 4 is 5.97 Å². The third-order valence-corrected chi connectivity index (χ3v) is 3.78. The summed E-state index contributed by atoms with van der Waals surface area (Å²) < 4.78 is 47.0. The maximum absolute atomic E-state index is 13.8. The first kappa shape index (κ1) is 16.8. The normalized spacial score (nSPS) is 11.4. The van der Waals surface area contributed by atoms with Crippen LogP contribution in [0.15, 0.2) is 66.9 Å². The van der Waals surface area contributed by atoms with Gasteiger partial charge in [-0.05, 0) is 17.7 Å². The van der Waals surface area contributed by atoms with Crippen LogP contribution >= 0.6 is 0 Å². The average molecular weight is 345 g/mol. The number of hydrogen-bond acceptors (Lipinski definition) is 2. The molecule has 0 atom stereocenters. The largest absolute Gasteiger partial charge is 0.465 e. The molecule has 25 heavy (non-hydrogen) atoms. The Labute approximate surface area is 142 Å². The lowest BCUT2D eigenvalue weighted by Crippen LogP contribution is -2.17. The number of ether oxygens (including phenoxy) is 1. The van der Waals surface area contributed by atoms with Gasteiger partial charge in [0.05, 0.1) is 12.7 Å². The first-order chi connectivity index (χ1) is 11.9. The summed E-state index contributed by atoms with van der Waals surface area (Å²) in [6.45, 7) is 0. The van der Waals surface area contributed by atoms with E-state index >= 15 is 0 Å². The summed E-state index contributed by atoms with van der Waals surface area (Å²) in [5.41, 5.74) is -0.566.